The molecule has 1 fully saturated rings. The monoisotopic (exact) mass is 369 g/mol. The second-order valence-corrected chi connectivity index (χ2v) is 7.33. The van der Waals surface area contributed by atoms with Crippen LogP contribution in [0.4, 0.5) is 0 Å². The highest BCUT2D eigenvalue weighted by molar-refractivity contribution is 5.76. The third-order valence-corrected chi connectivity index (χ3v) is 5.58. The number of amides is 1. The molecule has 27 heavy (non-hydrogen) atoms. The fourth-order valence-electron chi connectivity index (χ4n) is 4.03. The van der Waals surface area contributed by atoms with Crippen LogP contribution < -0.4 is 10.1 Å². The van der Waals surface area contributed by atoms with Gasteiger partial charge in [-0.2, -0.15) is 0 Å². The number of aromatic nitrogens is 3. The average molecular weight is 369 g/mol. The first kappa shape index (κ1) is 18.0. The van der Waals surface area contributed by atoms with E-state index in [2.05, 4.69) is 20.1 Å². The topological polar surface area (TPSA) is 72.3 Å². The Bertz CT molecular complexity index is 786. The van der Waals surface area contributed by atoms with Gasteiger partial charge in [0.05, 0.1) is 13.7 Å². The van der Waals surface area contributed by atoms with Gasteiger partial charge in [0, 0.05) is 38.5 Å². The number of carbonyl (C=O) groups excluding carboxylic acids is 1. The number of ether oxygens (including phenoxy) is 1. The van der Waals surface area contributed by atoms with Crippen molar-refractivity contribution in [1.82, 2.24) is 25.0 Å². The van der Waals surface area contributed by atoms with Gasteiger partial charge in [-0.15, -0.1) is 10.2 Å². The number of hydrogen-bond donors (Lipinski definition) is 1. The zero-order valence-electron chi connectivity index (χ0n) is 15.9. The molecule has 7 nitrogen and oxygen atoms in total. The molecule has 1 saturated heterocycles. The van der Waals surface area contributed by atoms with E-state index in [-0.39, 0.29) is 5.91 Å². The van der Waals surface area contributed by atoms with E-state index in [9.17, 15) is 4.79 Å². The molecule has 0 spiro atoms. The standard InChI is InChI=1S/C20H27N5O2/c1-27-17-7-4-15(5-8-17)6-9-19(26)24-11-2-3-16(14-24)20-23-22-18-13-21-10-12-25(18)20/h4-5,7-8,16,21H,2-3,6,9-14H2,1H3/t16-/m1/s1. The summed E-state index contributed by atoms with van der Waals surface area (Å²) in [4.78, 5) is 14.8. The van der Waals surface area contributed by atoms with E-state index in [0.29, 0.717) is 12.3 Å². The van der Waals surface area contributed by atoms with Crippen molar-refractivity contribution >= 4 is 5.91 Å². The molecule has 7 heteroatoms. The van der Waals surface area contributed by atoms with Crippen molar-refractivity contribution in [2.45, 2.75) is 44.7 Å². The van der Waals surface area contributed by atoms with Crippen LogP contribution in [-0.2, 0) is 24.3 Å². The van der Waals surface area contributed by atoms with Crippen LogP contribution in [-0.4, -0.2) is 52.3 Å². The van der Waals surface area contributed by atoms with Crippen molar-refractivity contribution in [1.29, 1.82) is 0 Å². The van der Waals surface area contributed by atoms with E-state index in [1.54, 1.807) is 7.11 Å². The molecule has 1 aromatic carbocycles. The molecule has 0 aliphatic carbocycles. The lowest BCUT2D eigenvalue weighted by Crippen LogP contribution is -2.40. The van der Waals surface area contributed by atoms with Gasteiger partial charge in [0.25, 0.3) is 0 Å². The van der Waals surface area contributed by atoms with Gasteiger partial charge in [-0.25, -0.2) is 0 Å². The van der Waals surface area contributed by atoms with Gasteiger partial charge in [0.15, 0.2) is 0 Å². The predicted molar refractivity (Wildman–Crippen MR) is 102 cm³/mol. The molecule has 0 unspecified atom stereocenters. The Morgan fingerprint density at radius 1 is 1.26 bits per heavy atom. The first-order valence-electron chi connectivity index (χ1n) is 9.78. The molecular formula is C20H27N5O2. The van der Waals surface area contributed by atoms with E-state index in [0.717, 1.165) is 74.9 Å². The van der Waals surface area contributed by atoms with Gasteiger partial charge in [0.1, 0.15) is 17.4 Å². The Morgan fingerprint density at radius 2 is 2.11 bits per heavy atom. The predicted octanol–water partition coefficient (Wildman–Crippen LogP) is 1.73. The lowest BCUT2D eigenvalue weighted by atomic mass is 9.96. The summed E-state index contributed by atoms with van der Waals surface area (Å²) in [6.45, 7) is 4.26. The smallest absolute Gasteiger partial charge is 0.222 e. The maximum Gasteiger partial charge on any atom is 0.222 e. The number of benzene rings is 1. The molecule has 1 aromatic heterocycles. The maximum absolute atomic E-state index is 12.7. The van der Waals surface area contributed by atoms with E-state index in [4.69, 9.17) is 4.74 Å². The van der Waals surface area contributed by atoms with Gasteiger partial charge in [-0.1, -0.05) is 12.1 Å². The Kier molecular flexibility index (Phi) is 5.38. The number of aryl methyl sites for hydroxylation is 1. The minimum atomic E-state index is 0.232. The van der Waals surface area contributed by atoms with E-state index in [1.165, 1.54) is 0 Å². The second-order valence-electron chi connectivity index (χ2n) is 7.33. The molecule has 0 saturated carbocycles. The van der Waals surface area contributed by atoms with Crippen LogP contribution >= 0.6 is 0 Å². The zero-order chi connectivity index (χ0) is 18.6. The Hall–Kier alpha value is -2.41. The summed E-state index contributed by atoms with van der Waals surface area (Å²) in [5, 5.41) is 12.1. The van der Waals surface area contributed by atoms with Gasteiger partial charge >= 0.3 is 0 Å². The van der Waals surface area contributed by atoms with Crippen molar-refractivity contribution in [2.24, 2.45) is 0 Å². The van der Waals surface area contributed by atoms with Crippen molar-refractivity contribution in [3.8, 4) is 5.75 Å². The minimum absolute atomic E-state index is 0.232. The van der Waals surface area contributed by atoms with Gasteiger partial charge in [-0.3, -0.25) is 4.79 Å². The SMILES string of the molecule is COc1ccc(CCC(=O)N2CCC[C@@H](c3nnc4n3CCNC4)C2)cc1. The summed E-state index contributed by atoms with van der Waals surface area (Å²) in [6, 6.07) is 7.95. The lowest BCUT2D eigenvalue weighted by molar-refractivity contribution is -0.132. The van der Waals surface area contributed by atoms with Gasteiger partial charge in [0.2, 0.25) is 5.91 Å². The molecule has 2 aliphatic heterocycles. The Labute approximate surface area is 159 Å². The number of methoxy groups -OCH3 is 1. The minimum Gasteiger partial charge on any atom is -0.497 e. The molecular weight excluding hydrogens is 342 g/mol. The van der Waals surface area contributed by atoms with Crippen molar-refractivity contribution in [2.75, 3.05) is 26.7 Å². The quantitative estimate of drug-likeness (QED) is 0.869. The van der Waals surface area contributed by atoms with Gasteiger partial charge in [-0.05, 0) is 37.0 Å². The van der Waals surface area contributed by atoms with Crippen LogP contribution in [0.5, 0.6) is 5.75 Å². The molecule has 1 atom stereocenters. The number of likely N-dealkylation sites (tertiary alicyclic amines) is 1. The van der Waals surface area contributed by atoms with Crippen molar-refractivity contribution in [3.63, 3.8) is 0 Å². The highest BCUT2D eigenvalue weighted by Crippen LogP contribution is 2.27. The summed E-state index contributed by atoms with van der Waals surface area (Å²) in [6.07, 6.45) is 3.41. The summed E-state index contributed by atoms with van der Waals surface area (Å²) >= 11 is 0. The fraction of sp³-hybridized carbons (Fsp3) is 0.550. The van der Waals surface area contributed by atoms with Crippen LogP contribution in [0.1, 0.15) is 42.4 Å². The molecule has 4 rings (SSSR count). The number of fused-ring (bicyclic) bond motifs is 1. The summed E-state index contributed by atoms with van der Waals surface area (Å²) in [5.74, 6) is 3.44. The number of rotatable bonds is 5. The van der Waals surface area contributed by atoms with E-state index in [1.807, 2.05) is 29.2 Å². The number of hydrogen-bond acceptors (Lipinski definition) is 5. The van der Waals surface area contributed by atoms with Crippen LogP contribution in [0.15, 0.2) is 24.3 Å². The molecule has 144 valence electrons. The summed E-state index contributed by atoms with van der Waals surface area (Å²) < 4.78 is 7.43. The van der Waals surface area contributed by atoms with Crippen LogP contribution in [0.25, 0.3) is 0 Å². The number of nitrogens with zero attached hydrogens (tertiary/aromatic N) is 4. The van der Waals surface area contributed by atoms with Crippen LogP contribution in [0.3, 0.4) is 0 Å². The number of nitrogens with one attached hydrogen (secondary N) is 1. The molecule has 0 bridgehead atoms. The summed E-state index contributed by atoms with van der Waals surface area (Å²) in [7, 11) is 1.66. The third kappa shape index (κ3) is 3.98. The highest BCUT2D eigenvalue weighted by Gasteiger charge is 2.29. The van der Waals surface area contributed by atoms with Crippen molar-refractivity contribution < 1.29 is 9.53 Å². The Morgan fingerprint density at radius 3 is 2.93 bits per heavy atom. The molecule has 2 aromatic rings. The largest absolute Gasteiger partial charge is 0.497 e. The fourth-order valence-corrected chi connectivity index (χ4v) is 4.03. The normalized spacial score (nSPS) is 19.6. The van der Waals surface area contributed by atoms with Crippen molar-refractivity contribution in [3.05, 3.63) is 41.5 Å². The molecule has 1 N–H and O–H groups in total. The lowest BCUT2D eigenvalue weighted by Gasteiger charge is -2.33. The molecule has 2 aliphatic rings. The van der Waals surface area contributed by atoms with Gasteiger partial charge < -0.3 is 19.5 Å². The first-order chi connectivity index (χ1) is 13.2. The maximum atomic E-state index is 12.7. The van der Waals surface area contributed by atoms with Crippen LogP contribution in [0, 0.1) is 0 Å². The summed E-state index contributed by atoms with van der Waals surface area (Å²) in [5.41, 5.74) is 1.16. The molecule has 0 radical (unpaired) electrons. The number of piperidine rings is 1. The Balaban J connectivity index is 1.36. The first-order valence-corrected chi connectivity index (χ1v) is 9.78. The average Bonchev–Trinajstić information content (AvgIpc) is 3.16. The highest BCUT2D eigenvalue weighted by atomic mass is 16.5. The molecule has 1 amide bonds. The number of carbonyl (C=O) groups is 1. The molecule has 3 heterocycles. The third-order valence-electron chi connectivity index (χ3n) is 5.58. The second kappa shape index (κ2) is 8.08. The van der Waals surface area contributed by atoms with E-state index < -0.39 is 0 Å². The van der Waals surface area contributed by atoms with E-state index >= 15 is 0 Å². The van der Waals surface area contributed by atoms with Crippen LogP contribution in [0.2, 0.25) is 0 Å². The zero-order valence-corrected chi connectivity index (χ0v) is 15.9.